The van der Waals surface area contributed by atoms with E-state index in [9.17, 15) is 0 Å². The van der Waals surface area contributed by atoms with Crippen LogP contribution in [0.4, 0.5) is 0 Å². The molecule has 0 atom stereocenters. The van der Waals surface area contributed by atoms with E-state index in [1.807, 2.05) is 37.4 Å². The summed E-state index contributed by atoms with van der Waals surface area (Å²) in [6.07, 6.45) is 3.23. The number of fused-ring (bicyclic) bond motifs is 1. The average molecular weight is 421 g/mol. The summed E-state index contributed by atoms with van der Waals surface area (Å²) in [5.74, 6) is 2.16. The van der Waals surface area contributed by atoms with Gasteiger partial charge in [-0.25, -0.2) is 4.98 Å². The molecule has 0 radical (unpaired) electrons. The second-order valence-electron chi connectivity index (χ2n) is 7.70. The molecule has 0 bridgehead atoms. The lowest BCUT2D eigenvalue weighted by atomic mass is 9.96. The van der Waals surface area contributed by atoms with Crippen molar-refractivity contribution in [1.29, 1.82) is 0 Å². The number of likely N-dealkylation sites (tertiary alicyclic amines) is 1. The van der Waals surface area contributed by atoms with E-state index in [0.717, 1.165) is 60.7 Å². The van der Waals surface area contributed by atoms with Crippen molar-refractivity contribution < 1.29 is 4.74 Å². The number of hydrogen-bond acceptors (Lipinski definition) is 7. The third-order valence-corrected chi connectivity index (χ3v) is 6.51. The minimum Gasteiger partial charge on any atom is -0.431 e. The number of nitrogens with zero attached hydrogens (tertiary/aromatic N) is 6. The highest BCUT2D eigenvalue weighted by molar-refractivity contribution is 7.20. The molecule has 154 valence electrons. The molecule has 0 saturated carbocycles. The van der Waals surface area contributed by atoms with Crippen LogP contribution in [0.25, 0.3) is 10.2 Å². The SMILES string of the molecule is Cn1nnc(C2CCN(CCc3ccc(Oc4nc5ccccc5s4)cc3)CC2)n1. The van der Waals surface area contributed by atoms with Crippen LogP contribution in [0.15, 0.2) is 48.5 Å². The molecule has 0 aliphatic carbocycles. The van der Waals surface area contributed by atoms with Gasteiger partial charge in [-0.15, -0.1) is 10.2 Å². The molecular formula is C22H24N6OS. The number of thiazole rings is 1. The van der Waals surface area contributed by atoms with E-state index in [4.69, 9.17) is 4.74 Å². The maximum atomic E-state index is 5.95. The van der Waals surface area contributed by atoms with Crippen LogP contribution in [0.2, 0.25) is 0 Å². The largest absolute Gasteiger partial charge is 0.431 e. The van der Waals surface area contributed by atoms with Gasteiger partial charge in [0.25, 0.3) is 5.19 Å². The van der Waals surface area contributed by atoms with Gasteiger partial charge < -0.3 is 9.64 Å². The number of aryl methyl sites for hydroxylation is 1. The van der Waals surface area contributed by atoms with Crippen molar-refractivity contribution in [2.75, 3.05) is 19.6 Å². The van der Waals surface area contributed by atoms with E-state index >= 15 is 0 Å². The summed E-state index contributed by atoms with van der Waals surface area (Å²) in [4.78, 5) is 8.61. The molecule has 0 N–H and O–H groups in total. The van der Waals surface area contributed by atoms with Crippen LogP contribution in [0, 0.1) is 0 Å². The highest BCUT2D eigenvalue weighted by Crippen LogP contribution is 2.31. The molecule has 2 aromatic heterocycles. The van der Waals surface area contributed by atoms with Crippen molar-refractivity contribution in [1.82, 2.24) is 30.1 Å². The fourth-order valence-electron chi connectivity index (χ4n) is 3.88. The number of aromatic nitrogens is 5. The number of hydrogen-bond donors (Lipinski definition) is 0. The third-order valence-electron chi connectivity index (χ3n) is 5.60. The Balaban J connectivity index is 1.11. The van der Waals surface area contributed by atoms with Crippen molar-refractivity contribution in [2.24, 2.45) is 7.05 Å². The van der Waals surface area contributed by atoms with Gasteiger partial charge in [-0.1, -0.05) is 35.6 Å². The number of para-hydroxylation sites is 1. The van der Waals surface area contributed by atoms with Crippen LogP contribution in [0.5, 0.6) is 10.9 Å². The Hall–Kier alpha value is -2.84. The van der Waals surface area contributed by atoms with Gasteiger partial charge in [0.1, 0.15) is 5.75 Å². The number of benzene rings is 2. The van der Waals surface area contributed by atoms with Crippen molar-refractivity contribution in [3.63, 3.8) is 0 Å². The first-order chi connectivity index (χ1) is 14.7. The molecule has 1 aliphatic heterocycles. The van der Waals surface area contributed by atoms with Gasteiger partial charge in [0.05, 0.1) is 17.3 Å². The zero-order valence-electron chi connectivity index (χ0n) is 16.9. The van der Waals surface area contributed by atoms with Gasteiger partial charge in [0.2, 0.25) is 0 Å². The first-order valence-electron chi connectivity index (χ1n) is 10.3. The molecule has 1 fully saturated rings. The lowest BCUT2D eigenvalue weighted by Gasteiger charge is -2.30. The fourth-order valence-corrected chi connectivity index (χ4v) is 4.72. The van der Waals surface area contributed by atoms with Crippen LogP contribution in [-0.2, 0) is 13.5 Å². The monoisotopic (exact) mass is 420 g/mol. The summed E-state index contributed by atoms with van der Waals surface area (Å²) >= 11 is 1.57. The normalized spacial score (nSPS) is 15.6. The lowest BCUT2D eigenvalue weighted by Crippen LogP contribution is -2.34. The molecule has 7 nitrogen and oxygen atoms in total. The molecule has 0 amide bonds. The number of ether oxygens (including phenoxy) is 1. The molecule has 2 aromatic carbocycles. The molecule has 0 unspecified atom stereocenters. The Morgan fingerprint density at radius 1 is 1.07 bits per heavy atom. The molecule has 4 aromatic rings. The van der Waals surface area contributed by atoms with Gasteiger partial charge in [0.15, 0.2) is 5.82 Å². The van der Waals surface area contributed by atoms with Crippen molar-refractivity contribution in [3.8, 4) is 10.9 Å². The van der Waals surface area contributed by atoms with Crippen molar-refractivity contribution in [3.05, 3.63) is 59.9 Å². The first-order valence-corrected chi connectivity index (χ1v) is 11.1. The Bertz CT molecular complexity index is 1080. The molecular weight excluding hydrogens is 396 g/mol. The molecule has 5 rings (SSSR count). The smallest absolute Gasteiger partial charge is 0.279 e. The van der Waals surface area contributed by atoms with Crippen molar-refractivity contribution >= 4 is 21.6 Å². The quantitative estimate of drug-likeness (QED) is 0.469. The lowest BCUT2D eigenvalue weighted by molar-refractivity contribution is 0.211. The Labute approximate surface area is 179 Å². The minimum absolute atomic E-state index is 0.439. The fraction of sp³-hybridized carbons (Fsp3) is 0.364. The maximum absolute atomic E-state index is 5.95. The zero-order chi connectivity index (χ0) is 20.3. The number of tetrazole rings is 1. The molecule has 3 heterocycles. The Kier molecular flexibility index (Phi) is 5.42. The Morgan fingerprint density at radius 3 is 2.60 bits per heavy atom. The summed E-state index contributed by atoms with van der Waals surface area (Å²) in [5.41, 5.74) is 2.30. The van der Waals surface area contributed by atoms with Gasteiger partial charge >= 0.3 is 0 Å². The van der Waals surface area contributed by atoms with Gasteiger partial charge in [-0.3, -0.25) is 0 Å². The summed E-state index contributed by atoms with van der Waals surface area (Å²) < 4.78 is 7.09. The topological polar surface area (TPSA) is 69.0 Å². The summed E-state index contributed by atoms with van der Waals surface area (Å²) in [6, 6.07) is 16.5. The predicted octanol–water partition coefficient (Wildman–Crippen LogP) is 4.03. The molecule has 1 aliphatic rings. The summed E-state index contributed by atoms with van der Waals surface area (Å²) in [5, 5.41) is 13.2. The molecule has 8 heteroatoms. The predicted molar refractivity (Wildman–Crippen MR) is 117 cm³/mol. The van der Waals surface area contributed by atoms with Gasteiger partial charge in [0, 0.05) is 12.5 Å². The number of rotatable bonds is 6. The van der Waals surface area contributed by atoms with E-state index in [1.54, 1.807) is 16.1 Å². The average Bonchev–Trinajstić information content (AvgIpc) is 3.39. The second kappa shape index (κ2) is 8.49. The second-order valence-corrected chi connectivity index (χ2v) is 8.69. The van der Waals surface area contributed by atoms with Gasteiger partial charge in [-0.05, 0) is 67.4 Å². The highest BCUT2D eigenvalue weighted by Gasteiger charge is 2.23. The van der Waals surface area contributed by atoms with E-state index in [1.165, 1.54) is 5.56 Å². The molecule has 1 saturated heterocycles. The van der Waals surface area contributed by atoms with Crippen LogP contribution in [0.3, 0.4) is 0 Å². The summed E-state index contributed by atoms with van der Waals surface area (Å²) in [6.45, 7) is 3.24. The maximum Gasteiger partial charge on any atom is 0.279 e. The standard InChI is InChI=1S/C22H24N6OS/c1-27-25-21(24-26-27)17-11-14-28(15-12-17)13-10-16-6-8-18(9-7-16)29-22-23-19-4-2-3-5-20(19)30-22/h2-9,17H,10-15H2,1H3. The van der Waals surface area contributed by atoms with Crippen LogP contribution >= 0.6 is 11.3 Å². The van der Waals surface area contributed by atoms with Crippen LogP contribution in [-0.4, -0.2) is 49.7 Å². The van der Waals surface area contributed by atoms with E-state index < -0.39 is 0 Å². The molecule has 0 spiro atoms. The van der Waals surface area contributed by atoms with Crippen molar-refractivity contribution in [2.45, 2.75) is 25.2 Å². The number of piperidine rings is 1. The van der Waals surface area contributed by atoms with Gasteiger partial charge in [-0.2, -0.15) is 4.80 Å². The first kappa shape index (κ1) is 19.1. The van der Waals surface area contributed by atoms with E-state index in [0.29, 0.717) is 11.1 Å². The van der Waals surface area contributed by atoms with Crippen LogP contribution in [0.1, 0.15) is 30.1 Å². The highest BCUT2D eigenvalue weighted by atomic mass is 32.1. The molecule has 30 heavy (non-hydrogen) atoms. The third kappa shape index (κ3) is 4.34. The zero-order valence-corrected chi connectivity index (χ0v) is 17.8. The van der Waals surface area contributed by atoms with Crippen LogP contribution < -0.4 is 4.74 Å². The summed E-state index contributed by atoms with van der Waals surface area (Å²) in [7, 11) is 1.82. The van der Waals surface area contributed by atoms with E-state index in [-0.39, 0.29) is 0 Å². The minimum atomic E-state index is 0.439. The Morgan fingerprint density at radius 2 is 1.87 bits per heavy atom. The van der Waals surface area contributed by atoms with E-state index in [2.05, 4.69) is 43.5 Å².